The largest absolute Gasteiger partial charge is 0.507 e. The van der Waals surface area contributed by atoms with Gasteiger partial charge < -0.3 is 19.7 Å². The summed E-state index contributed by atoms with van der Waals surface area (Å²) in [4.78, 5) is 27.8. The van der Waals surface area contributed by atoms with Gasteiger partial charge in [-0.2, -0.15) is 0 Å². The summed E-state index contributed by atoms with van der Waals surface area (Å²) in [5.74, 6) is -2.03. The Bertz CT molecular complexity index is 1340. The minimum absolute atomic E-state index is 0.0440. The van der Waals surface area contributed by atoms with Crippen LogP contribution in [0.3, 0.4) is 0 Å². The Morgan fingerprint density at radius 3 is 2.40 bits per heavy atom. The Morgan fingerprint density at radius 1 is 1.03 bits per heavy atom. The molecule has 0 aromatic heterocycles. The van der Waals surface area contributed by atoms with Crippen molar-refractivity contribution in [2.24, 2.45) is 0 Å². The Balaban J connectivity index is 2.00. The molecule has 1 aliphatic heterocycles. The number of hydrogen-bond donors (Lipinski definition) is 2. The maximum Gasteiger partial charge on any atom is 0.300 e. The molecule has 0 spiro atoms. The van der Waals surface area contributed by atoms with Crippen molar-refractivity contribution in [3.8, 4) is 17.2 Å². The standard InChI is InChI=1S/C26H21Cl2NO6/c1-3-35-16-9-10-18(27)17(13-16)23(30)21-22(14-11-19(28)24(31)20(12-14)34-2)29(26(33)25(21)32)15-7-5-4-6-8-15/h4-13,22,30-31H,3H2,1-2H3/b23-21+. The molecule has 4 rings (SSSR count). The van der Waals surface area contributed by atoms with E-state index in [1.807, 2.05) is 6.92 Å². The van der Waals surface area contributed by atoms with Gasteiger partial charge in [0, 0.05) is 11.3 Å². The number of halogens is 2. The van der Waals surface area contributed by atoms with Crippen LogP contribution >= 0.6 is 23.2 Å². The molecule has 0 aliphatic carbocycles. The van der Waals surface area contributed by atoms with Crippen LogP contribution in [0.25, 0.3) is 5.76 Å². The highest BCUT2D eigenvalue weighted by molar-refractivity contribution is 6.52. The first-order valence-electron chi connectivity index (χ1n) is 10.6. The summed E-state index contributed by atoms with van der Waals surface area (Å²) in [6.45, 7) is 2.19. The zero-order valence-electron chi connectivity index (χ0n) is 18.8. The number of anilines is 1. The number of rotatable bonds is 6. The number of phenolic OH excluding ortho intramolecular Hbond substituents is 1. The molecule has 7 nitrogen and oxygen atoms in total. The third-order valence-corrected chi connectivity index (χ3v) is 6.19. The zero-order valence-corrected chi connectivity index (χ0v) is 20.3. The molecule has 0 radical (unpaired) electrons. The molecule has 1 fully saturated rings. The van der Waals surface area contributed by atoms with Gasteiger partial charge in [-0.25, -0.2) is 0 Å². The predicted molar refractivity (Wildman–Crippen MR) is 134 cm³/mol. The van der Waals surface area contributed by atoms with Crippen molar-refractivity contribution in [2.45, 2.75) is 13.0 Å². The van der Waals surface area contributed by atoms with Crippen molar-refractivity contribution in [3.63, 3.8) is 0 Å². The summed E-state index contributed by atoms with van der Waals surface area (Å²) < 4.78 is 10.7. The molecule has 0 bridgehead atoms. The lowest BCUT2D eigenvalue weighted by molar-refractivity contribution is -0.132. The number of ether oxygens (including phenoxy) is 2. The fraction of sp³-hybridized carbons (Fsp3) is 0.154. The number of benzene rings is 3. The van der Waals surface area contributed by atoms with Crippen molar-refractivity contribution >= 4 is 46.3 Å². The smallest absolute Gasteiger partial charge is 0.300 e. The number of carbonyl (C=O) groups is 2. The maximum atomic E-state index is 13.3. The van der Waals surface area contributed by atoms with Crippen molar-refractivity contribution in [1.82, 2.24) is 0 Å². The third-order valence-electron chi connectivity index (χ3n) is 5.57. The van der Waals surface area contributed by atoms with Gasteiger partial charge in [0.2, 0.25) is 0 Å². The summed E-state index contributed by atoms with van der Waals surface area (Å²) in [5, 5.41) is 21.7. The normalized spacial score (nSPS) is 17.0. The molecular formula is C26H21Cl2NO6. The highest BCUT2D eigenvalue weighted by Crippen LogP contribution is 2.46. The number of aliphatic hydroxyl groups is 1. The lowest BCUT2D eigenvalue weighted by Crippen LogP contribution is -2.29. The van der Waals surface area contributed by atoms with Gasteiger partial charge in [0.25, 0.3) is 11.7 Å². The molecule has 3 aromatic rings. The average Bonchev–Trinajstić information content (AvgIpc) is 3.12. The Hall–Kier alpha value is -3.68. The SMILES string of the molecule is CCOc1ccc(Cl)c(/C(O)=C2\C(=O)C(=O)N(c3ccccc3)C2c2cc(Cl)c(O)c(OC)c2)c1. The minimum atomic E-state index is -1.09. The van der Waals surface area contributed by atoms with Gasteiger partial charge in [0.15, 0.2) is 11.5 Å². The van der Waals surface area contributed by atoms with E-state index in [1.54, 1.807) is 36.4 Å². The van der Waals surface area contributed by atoms with Crippen molar-refractivity contribution in [3.05, 3.63) is 87.4 Å². The number of phenols is 1. The van der Waals surface area contributed by atoms with E-state index in [9.17, 15) is 19.8 Å². The number of Topliss-reactive ketones (excluding diaryl/α,β-unsaturated/α-hetero) is 1. The minimum Gasteiger partial charge on any atom is -0.507 e. The number of nitrogens with zero attached hydrogens (tertiary/aromatic N) is 1. The quantitative estimate of drug-likeness (QED) is 0.248. The molecule has 9 heteroatoms. The lowest BCUT2D eigenvalue weighted by atomic mass is 9.94. The van der Waals surface area contributed by atoms with Crippen LogP contribution in [-0.4, -0.2) is 35.6 Å². The molecule has 1 saturated heterocycles. The molecule has 1 amide bonds. The first-order valence-corrected chi connectivity index (χ1v) is 11.4. The van der Waals surface area contributed by atoms with Crippen LogP contribution in [0, 0.1) is 0 Å². The lowest BCUT2D eigenvalue weighted by Gasteiger charge is -2.26. The monoisotopic (exact) mass is 513 g/mol. The number of ketones is 1. The van der Waals surface area contributed by atoms with Crippen LogP contribution in [0.5, 0.6) is 17.2 Å². The first-order chi connectivity index (χ1) is 16.8. The van der Waals surface area contributed by atoms with Crippen LogP contribution in [0.1, 0.15) is 24.1 Å². The summed E-state index contributed by atoms with van der Waals surface area (Å²) >= 11 is 12.6. The van der Waals surface area contributed by atoms with E-state index < -0.39 is 23.5 Å². The highest BCUT2D eigenvalue weighted by Gasteiger charge is 2.47. The Morgan fingerprint density at radius 2 is 1.74 bits per heavy atom. The van der Waals surface area contributed by atoms with E-state index in [-0.39, 0.29) is 32.7 Å². The highest BCUT2D eigenvalue weighted by atomic mass is 35.5. The number of amides is 1. The van der Waals surface area contributed by atoms with Gasteiger partial charge in [-0.1, -0.05) is 41.4 Å². The fourth-order valence-electron chi connectivity index (χ4n) is 4.00. The number of carbonyl (C=O) groups excluding carboxylic acids is 2. The summed E-state index contributed by atoms with van der Waals surface area (Å²) in [6.07, 6.45) is 0. The van der Waals surface area contributed by atoms with Crippen LogP contribution in [0.2, 0.25) is 10.0 Å². The van der Waals surface area contributed by atoms with Crippen LogP contribution in [-0.2, 0) is 9.59 Å². The molecule has 35 heavy (non-hydrogen) atoms. The second-order valence-electron chi connectivity index (χ2n) is 7.63. The molecule has 1 heterocycles. The fourth-order valence-corrected chi connectivity index (χ4v) is 4.42. The van der Waals surface area contributed by atoms with Gasteiger partial charge in [-0.15, -0.1) is 0 Å². The number of aliphatic hydroxyl groups excluding tert-OH is 1. The number of methoxy groups -OCH3 is 1. The van der Waals surface area contributed by atoms with Gasteiger partial charge in [0.05, 0.1) is 35.4 Å². The molecule has 2 N–H and O–H groups in total. The maximum absolute atomic E-state index is 13.3. The molecule has 1 aliphatic rings. The third kappa shape index (κ3) is 4.40. The summed E-state index contributed by atoms with van der Waals surface area (Å²) in [7, 11) is 1.35. The molecular weight excluding hydrogens is 493 g/mol. The van der Waals surface area contributed by atoms with E-state index in [2.05, 4.69) is 0 Å². The Labute approximate surface area is 211 Å². The Kier molecular flexibility index (Phi) is 6.91. The van der Waals surface area contributed by atoms with E-state index in [1.165, 1.54) is 36.3 Å². The zero-order chi connectivity index (χ0) is 25.3. The molecule has 1 unspecified atom stereocenters. The summed E-state index contributed by atoms with van der Waals surface area (Å²) in [6, 6.07) is 15.0. The van der Waals surface area contributed by atoms with E-state index in [4.69, 9.17) is 32.7 Å². The van der Waals surface area contributed by atoms with E-state index in [0.717, 1.165) is 0 Å². The second-order valence-corrected chi connectivity index (χ2v) is 8.45. The predicted octanol–water partition coefficient (Wildman–Crippen LogP) is 5.73. The number of para-hydroxylation sites is 1. The van der Waals surface area contributed by atoms with Crippen molar-refractivity contribution in [2.75, 3.05) is 18.6 Å². The second kappa shape index (κ2) is 9.90. The van der Waals surface area contributed by atoms with E-state index >= 15 is 0 Å². The van der Waals surface area contributed by atoms with E-state index in [0.29, 0.717) is 23.6 Å². The topological polar surface area (TPSA) is 96.3 Å². The first kappa shape index (κ1) is 24.4. The van der Waals surface area contributed by atoms with Crippen molar-refractivity contribution < 1.29 is 29.3 Å². The number of aromatic hydroxyl groups is 1. The number of hydrogen-bond acceptors (Lipinski definition) is 6. The molecule has 3 aromatic carbocycles. The molecule has 180 valence electrons. The van der Waals surface area contributed by atoms with Gasteiger partial charge >= 0.3 is 0 Å². The van der Waals surface area contributed by atoms with Crippen LogP contribution in [0.15, 0.2) is 66.2 Å². The summed E-state index contributed by atoms with van der Waals surface area (Å²) in [5.41, 5.74) is 0.700. The van der Waals surface area contributed by atoms with Crippen molar-refractivity contribution in [1.29, 1.82) is 0 Å². The molecule has 0 saturated carbocycles. The van der Waals surface area contributed by atoms with Gasteiger partial charge in [-0.05, 0) is 55.0 Å². The van der Waals surface area contributed by atoms with Crippen LogP contribution < -0.4 is 14.4 Å². The van der Waals surface area contributed by atoms with Crippen LogP contribution in [0.4, 0.5) is 5.69 Å². The average molecular weight is 514 g/mol. The molecule has 1 atom stereocenters. The van der Waals surface area contributed by atoms with Gasteiger partial charge in [-0.3, -0.25) is 14.5 Å². The van der Waals surface area contributed by atoms with Gasteiger partial charge in [0.1, 0.15) is 11.5 Å².